The molecule has 2 atom stereocenters. The third kappa shape index (κ3) is 5.11. The van der Waals surface area contributed by atoms with Crippen molar-refractivity contribution < 1.29 is 9.90 Å². The van der Waals surface area contributed by atoms with Gasteiger partial charge in [-0.05, 0) is 48.7 Å². The van der Waals surface area contributed by atoms with E-state index in [-0.39, 0.29) is 11.8 Å². The van der Waals surface area contributed by atoms with Gasteiger partial charge < -0.3 is 15.7 Å². The van der Waals surface area contributed by atoms with Crippen molar-refractivity contribution in [1.29, 1.82) is 5.26 Å². The number of aromatic hydroxyl groups is 1. The zero-order chi connectivity index (χ0) is 18.9. The van der Waals surface area contributed by atoms with Gasteiger partial charge in [-0.25, -0.2) is 0 Å². The van der Waals surface area contributed by atoms with Gasteiger partial charge in [0.1, 0.15) is 5.75 Å². The monoisotopic (exact) mass is 347 g/mol. The maximum atomic E-state index is 10.6. The number of hydrogen-bond acceptors (Lipinski definition) is 4. The Bertz CT molecular complexity index is 832. The molecule has 2 aromatic carbocycles. The van der Waals surface area contributed by atoms with Crippen LogP contribution in [0.4, 0.5) is 5.69 Å². The zero-order valence-electron chi connectivity index (χ0n) is 14.6. The van der Waals surface area contributed by atoms with E-state index < -0.39 is 5.92 Å². The third-order valence-electron chi connectivity index (χ3n) is 4.13. The summed E-state index contributed by atoms with van der Waals surface area (Å²) in [6.07, 6.45) is 6.67. The standard InChI is InChI=1S/C21H21N3O2/c1-3-16-4-6-17(7-5-16)10-15(2)23-13-19(12-22)18-8-9-21(26)20(11-18)24-14-25/h1,4-9,11,14-15,19,23,26H,10,13H2,2H3,(H,24,25). The fourth-order valence-corrected chi connectivity index (χ4v) is 2.67. The molecule has 26 heavy (non-hydrogen) atoms. The van der Waals surface area contributed by atoms with Crippen molar-refractivity contribution in [2.24, 2.45) is 0 Å². The topological polar surface area (TPSA) is 85.2 Å². The molecule has 0 saturated heterocycles. The number of nitrogens with one attached hydrogen (secondary N) is 2. The highest BCUT2D eigenvalue weighted by atomic mass is 16.3. The maximum absolute atomic E-state index is 10.6. The fourth-order valence-electron chi connectivity index (χ4n) is 2.67. The predicted molar refractivity (Wildman–Crippen MR) is 102 cm³/mol. The van der Waals surface area contributed by atoms with E-state index in [0.29, 0.717) is 18.6 Å². The Labute approximate surface area is 153 Å². The summed E-state index contributed by atoms with van der Waals surface area (Å²) in [6.45, 7) is 2.52. The number of hydrogen-bond donors (Lipinski definition) is 3. The fraction of sp³-hybridized carbons (Fsp3) is 0.238. The molecule has 0 aliphatic rings. The Morgan fingerprint density at radius 1 is 1.27 bits per heavy atom. The van der Waals surface area contributed by atoms with Crippen LogP contribution >= 0.6 is 0 Å². The van der Waals surface area contributed by atoms with Crippen LogP contribution in [0.2, 0.25) is 0 Å². The molecule has 0 bridgehead atoms. The number of carbonyl (C=O) groups excluding carboxylic acids is 1. The molecule has 132 valence electrons. The first-order chi connectivity index (χ1) is 12.6. The molecular weight excluding hydrogens is 326 g/mol. The summed E-state index contributed by atoms with van der Waals surface area (Å²) >= 11 is 0. The average molecular weight is 347 g/mol. The van der Waals surface area contributed by atoms with E-state index in [0.717, 1.165) is 17.5 Å². The lowest BCUT2D eigenvalue weighted by atomic mass is 9.98. The lowest BCUT2D eigenvalue weighted by Crippen LogP contribution is -2.31. The first kappa shape index (κ1) is 19.1. The number of terminal acetylenes is 1. The van der Waals surface area contributed by atoms with E-state index in [4.69, 9.17) is 6.42 Å². The van der Waals surface area contributed by atoms with Crippen molar-refractivity contribution in [2.45, 2.75) is 25.3 Å². The maximum Gasteiger partial charge on any atom is 0.211 e. The van der Waals surface area contributed by atoms with Crippen LogP contribution in [0.1, 0.15) is 29.5 Å². The van der Waals surface area contributed by atoms with Crippen LogP contribution < -0.4 is 10.6 Å². The van der Waals surface area contributed by atoms with E-state index in [1.807, 2.05) is 24.3 Å². The van der Waals surface area contributed by atoms with Crippen molar-refractivity contribution in [2.75, 3.05) is 11.9 Å². The molecule has 0 aromatic heterocycles. The minimum absolute atomic E-state index is 0.0331. The van der Waals surface area contributed by atoms with Crippen LogP contribution in [0.25, 0.3) is 0 Å². The van der Waals surface area contributed by atoms with Crippen LogP contribution in [-0.2, 0) is 11.2 Å². The van der Waals surface area contributed by atoms with E-state index >= 15 is 0 Å². The number of phenols is 1. The molecule has 2 rings (SSSR count). The number of phenolic OH excluding ortho intramolecular Hbond substituents is 1. The molecule has 2 aromatic rings. The van der Waals surface area contributed by atoms with Crippen LogP contribution in [0.15, 0.2) is 42.5 Å². The smallest absolute Gasteiger partial charge is 0.211 e. The molecule has 5 heteroatoms. The van der Waals surface area contributed by atoms with Gasteiger partial charge in [0.05, 0.1) is 17.7 Å². The van der Waals surface area contributed by atoms with Crippen molar-refractivity contribution in [3.63, 3.8) is 0 Å². The van der Waals surface area contributed by atoms with E-state index in [2.05, 4.69) is 29.5 Å². The Balaban J connectivity index is 1.97. The summed E-state index contributed by atoms with van der Waals surface area (Å²) in [5.74, 6) is 2.17. The summed E-state index contributed by atoms with van der Waals surface area (Å²) in [5.41, 5.74) is 3.04. The van der Waals surface area contributed by atoms with Crippen molar-refractivity contribution in [1.82, 2.24) is 5.32 Å². The molecule has 0 fully saturated rings. The highest BCUT2D eigenvalue weighted by Gasteiger charge is 2.14. The van der Waals surface area contributed by atoms with Crippen LogP contribution in [0.5, 0.6) is 5.75 Å². The first-order valence-electron chi connectivity index (χ1n) is 8.29. The van der Waals surface area contributed by atoms with Crippen molar-refractivity contribution >= 4 is 12.1 Å². The lowest BCUT2D eigenvalue weighted by molar-refractivity contribution is -0.105. The number of benzene rings is 2. The zero-order valence-corrected chi connectivity index (χ0v) is 14.6. The molecule has 2 unspecified atom stereocenters. The molecule has 0 aliphatic heterocycles. The van der Waals surface area contributed by atoms with Gasteiger partial charge in [0.15, 0.2) is 0 Å². The number of nitrogens with zero attached hydrogens (tertiary/aromatic N) is 1. The van der Waals surface area contributed by atoms with Gasteiger partial charge in [-0.3, -0.25) is 4.79 Å². The summed E-state index contributed by atoms with van der Waals surface area (Å²) in [4.78, 5) is 10.6. The van der Waals surface area contributed by atoms with Gasteiger partial charge in [-0.1, -0.05) is 24.1 Å². The minimum Gasteiger partial charge on any atom is -0.506 e. The SMILES string of the molecule is C#Cc1ccc(CC(C)NCC(C#N)c2ccc(O)c(NC=O)c2)cc1. The third-order valence-corrected chi connectivity index (χ3v) is 4.13. The highest BCUT2D eigenvalue weighted by Crippen LogP contribution is 2.27. The number of rotatable bonds is 8. The van der Waals surface area contributed by atoms with Gasteiger partial charge in [-0.2, -0.15) is 5.26 Å². The average Bonchev–Trinajstić information content (AvgIpc) is 2.65. The predicted octanol–water partition coefficient (Wildman–Crippen LogP) is 2.77. The largest absolute Gasteiger partial charge is 0.506 e. The Morgan fingerprint density at radius 2 is 2.00 bits per heavy atom. The lowest BCUT2D eigenvalue weighted by Gasteiger charge is -2.17. The van der Waals surface area contributed by atoms with Gasteiger partial charge in [-0.15, -0.1) is 6.42 Å². The first-order valence-corrected chi connectivity index (χ1v) is 8.29. The second-order valence-electron chi connectivity index (χ2n) is 6.08. The molecule has 3 N–H and O–H groups in total. The Morgan fingerprint density at radius 3 is 2.62 bits per heavy atom. The molecular formula is C21H21N3O2. The molecule has 0 radical (unpaired) electrons. The van der Waals surface area contributed by atoms with Crippen LogP contribution in [0.3, 0.4) is 0 Å². The second kappa shape index (κ2) is 9.27. The van der Waals surface area contributed by atoms with Crippen LogP contribution in [0, 0.1) is 23.7 Å². The summed E-state index contributed by atoms with van der Waals surface area (Å²) in [7, 11) is 0. The van der Waals surface area contributed by atoms with Gasteiger partial charge in [0, 0.05) is 18.2 Å². The number of anilines is 1. The second-order valence-corrected chi connectivity index (χ2v) is 6.08. The van der Waals surface area contributed by atoms with E-state index in [9.17, 15) is 15.2 Å². The quantitative estimate of drug-likeness (QED) is 0.389. The van der Waals surface area contributed by atoms with E-state index in [1.54, 1.807) is 12.1 Å². The molecule has 0 spiro atoms. The molecule has 1 amide bonds. The number of nitriles is 1. The molecule has 5 nitrogen and oxygen atoms in total. The number of carbonyl (C=O) groups is 1. The van der Waals surface area contributed by atoms with Gasteiger partial charge >= 0.3 is 0 Å². The van der Waals surface area contributed by atoms with Crippen molar-refractivity contribution in [3.8, 4) is 24.2 Å². The molecule has 0 heterocycles. The Kier molecular flexibility index (Phi) is 6.79. The normalized spacial score (nSPS) is 12.4. The molecule has 0 saturated carbocycles. The molecule has 0 aliphatic carbocycles. The van der Waals surface area contributed by atoms with Crippen molar-refractivity contribution in [3.05, 3.63) is 59.2 Å². The summed E-state index contributed by atoms with van der Waals surface area (Å²) in [5, 5.41) is 25.0. The van der Waals surface area contributed by atoms with Gasteiger partial charge in [0.25, 0.3) is 0 Å². The minimum atomic E-state index is -0.394. The van der Waals surface area contributed by atoms with Crippen LogP contribution in [-0.4, -0.2) is 24.1 Å². The highest BCUT2D eigenvalue weighted by molar-refractivity contribution is 5.75. The van der Waals surface area contributed by atoms with Gasteiger partial charge in [0.2, 0.25) is 6.41 Å². The Hall–Kier alpha value is -3.28. The summed E-state index contributed by atoms with van der Waals surface area (Å²) < 4.78 is 0. The number of amides is 1. The van der Waals surface area contributed by atoms with E-state index in [1.165, 1.54) is 11.6 Å². The summed E-state index contributed by atoms with van der Waals surface area (Å²) in [6, 6.07) is 15.0.